The van der Waals surface area contributed by atoms with Crippen LogP contribution in [0.25, 0.3) is 0 Å². The van der Waals surface area contributed by atoms with E-state index in [2.05, 4.69) is 10.6 Å². The second-order valence-corrected chi connectivity index (χ2v) is 13.4. The first-order valence-electron chi connectivity index (χ1n) is 14.1. The Balaban J connectivity index is 1.81. The number of carbonyl (C=O) groups excluding carboxylic acids is 6. The molecule has 12 heteroatoms. The second kappa shape index (κ2) is 10.6. The maximum absolute atomic E-state index is 14.3. The van der Waals surface area contributed by atoms with Crippen molar-refractivity contribution in [3.8, 4) is 5.75 Å². The summed E-state index contributed by atoms with van der Waals surface area (Å²) >= 11 is 0. The first kappa shape index (κ1) is 31.3. The van der Waals surface area contributed by atoms with Crippen LogP contribution in [0.2, 0.25) is 0 Å². The number of anilines is 2. The molecule has 0 aliphatic heterocycles. The van der Waals surface area contributed by atoms with E-state index in [4.69, 9.17) is 5.73 Å². The number of benzene rings is 1. The molecule has 12 nitrogen and oxygen atoms in total. The maximum Gasteiger partial charge on any atom is 0.238 e. The fourth-order valence-electron chi connectivity index (χ4n) is 7.00. The standard InChI is InChI=1S/C30H41N5O7/c1-29(2,3)32-12-18(36)33-16-11-17(34(5)6)14-9-13-10-15-22(35(7)8)25(39)21(28(31)42)27(41)30(15,4)26(40)19(13)24(38)20(14)23(16)37/h11,13,15,19,21-22,32,37H,9-10,12H2,1-8H3,(H2,31,42)(H,33,36). The fourth-order valence-corrected chi connectivity index (χ4v) is 7.00. The van der Waals surface area contributed by atoms with E-state index in [0.29, 0.717) is 11.3 Å². The predicted octanol–water partition coefficient (Wildman–Crippen LogP) is 0.535. The van der Waals surface area contributed by atoms with E-state index in [-0.39, 0.29) is 36.2 Å². The third-order valence-corrected chi connectivity index (χ3v) is 9.05. The number of aromatic hydroxyl groups is 1. The Morgan fingerprint density at radius 2 is 1.71 bits per heavy atom. The number of fused-ring (bicyclic) bond motifs is 3. The number of likely N-dealkylation sites (N-methyl/N-ethyl adjacent to an activating group) is 1. The number of ketones is 4. The lowest BCUT2D eigenvalue weighted by molar-refractivity contribution is -0.166. The highest BCUT2D eigenvalue weighted by Gasteiger charge is 2.67. The van der Waals surface area contributed by atoms with Gasteiger partial charge in [0.05, 0.1) is 35.2 Å². The van der Waals surface area contributed by atoms with Crippen LogP contribution in [0, 0.1) is 29.1 Å². The van der Waals surface area contributed by atoms with Crippen molar-refractivity contribution in [2.24, 2.45) is 34.8 Å². The van der Waals surface area contributed by atoms with E-state index in [1.807, 2.05) is 20.8 Å². The Labute approximate surface area is 245 Å². The average Bonchev–Trinajstić information content (AvgIpc) is 2.85. The molecule has 6 unspecified atom stereocenters. The molecule has 0 saturated heterocycles. The van der Waals surface area contributed by atoms with Crippen LogP contribution < -0.4 is 21.3 Å². The molecule has 5 N–H and O–H groups in total. The molecule has 228 valence electrons. The lowest BCUT2D eigenvalue weighted by Crippen LogP contribution is -2.69. The van der Waals surface area contributed by atoms with Crippen molar-refractivity contribution in [3.05, 3.63) is 17.2 Å². The zero-order chi connectivity index (χ0) is 31.6. The van der Waals surface area contributed by atoms with Gasteiger partial charge in [0.2, 0.25) is 11.8 Å². The monoisotopic (exact) mass is 583 g/mol. The molecule has 42 heavy (non-hydrogen) atoms. The van der Waals surface area contributed by atoms with Crippen LogP contribution >= 0.6 is 0 Å². The lowest BCUT2D eigenvalue weighted by Gasteiger charge is -2.53. The van der Waals surface area contributed by atoms with Crippen LogP contribution in [0.15, 0.2) is 6.07 Å². The van der Waals surface area contributed by atoms with Gasteiger partial charge >= 0.3 is 0 Å². The number of phenolic OH excluding ortho intramolecular Hbond substituents is 1. The van der Waals surface area contributed by atoms with Crippen molar-refractivity contribution in [3.63, 3.8) is 0 Å². The fraction of sp³-hybridized carbons (Fsp3) is 0.600. The Hall–Kier alpha value is -3.64. The molecule has 0 radical (unpaired) electrons. The number of amides is 2. The van der Waals surface area contributed by atoms with Gasteiger partial charge in [0.15, 0.2) is 29.1 Å². The minimum atomic E-state index is -1.80. The first-order valence-corrected chi connectivity index (χ1v) is 14.1. The van der Waals surface area contributed by atoms with Gasteiger partial charge in [-0.1, -0.05) is 0 Å². The molecular formula is C30H41N5O7. The number of nitrogens with zero attached hydrogens (tertiary/aromatic N) is 2. The van der Waals surface area contributed by atoms with Crippen molar-refractivity contribution in [2.45, 2.75) is 52.1 Å². The van der Waals surface area contributed by atoms with E-state index in [1.54, 1.807) is 44.1 Å². The smallest absolute Gasteiger partial charge is 0.238 e. The molecule has 2 amide bonds. The zero-order valence-corrected chi connectivity index (χ0v) is 25.5. The zero-order valence-electron chi connectivity index (χ0n) is 25.5. The first-order chi connectivity index (χ1) is 19.3. The second-order valence-electron chi connectivity index (χ2n) is 13.4. The van der Waals surface area contributed by atoms with Crippen molar-refractivity contribution in [2.75, 3.05) is 45.0 Å². The van der Waals surface area contributed by atoms with Gasteiger partial charge in [0.25, 0.3) is 0 Å². The van der Waals surface area contributed by atoms with Gasteiger partial charge in [-0.2, -0.15) is 0 Å². The van der Waals surface area contributed by atoms with Gasteiger partial charge < -0.3 is 26.4 Å². The molecule has 0 heterocycles. The minimum Gasteiger partial charge on any atom is -0.505 e. The quantitative estimate of drug-likeness (QED) is 0.273. The highest BCUT2D eigenvalue weighted by Crippen LogP contribution is 2.55. The molecule has 2 saturated carbocycles. The third-order valence-electron chi connectivity index (χ3n) is 9.05. The van der Waals surface area contributed by atoms with E-state index >= 15 is 0 Å². The summed E-state index contributed by atoms with van der Waals surface area (Å²) in [4.78, 5) is 83.8. The predicted molar refractivity (Wildman–Crippen MR) is 155 cm³/mol. The molecular weight excluding hydrogens is 542 g/mol. The molecule has 2 fully saturated rings. The summed E-state index contributed by atoms with van der Waals surface area (Å²) in [5.41, 5.74) is 4.40. The van der Waals surface area contributed by atoms with Gasteiger partial charge in [-0.25, -0.2) is 0 Å². The molecule has 1 aromatic rings. The molecule has 1 aromatic carbocycles. The number of primary amides is 1. The highest BCUT2D eigenvalue weighted by molar-refractivity contribution is 6.30. The third kappa shape index (κ3) is 4.90. The van der Waals surface area contributed by atoms with Crippen LogP contribution in [0.1, 0.15) is 50.0 Å². The van der Waals surface area contributed by atoms with Gasteiger partial charge in [-0.05, 0) is 72.2 Å². The van der Waals surface area contributed by atoms with Crippen molar-refractivity contribution < 1.29 is 33.9 Å². The number of carbonyl (C=O) groups is 6. The SMILES string of the molecule is CN(C)c1cc(NC(=O)CNC(C)(C)C)c(O)c2c1CC1CC3C(N(C)C)C(=O)C(C(N)=O)C(=O)C3(C)C(=O)C1C2=O. The topological polar surface area (TPSA) is 179 Å². The van der Waals surface area contributed by atoms with Crippen molar-refractivity contribution >= 4 is 46.3 Å². The van der Waals surface area contributed by atoms with Gasteiger partial charge in [-0.15, -0.1) is 0 Å². The van der Waals surface area contributed by atoms with Crippen LogP contribution in [-0.2, 0) is 30.4 Å². The summed E-state index contributed by atoms with van der Waals surface area (Å²) in [7, 11) is 6.82. The van der Waals surface area contributed by atoms with Crippen LogP contribution in [-0.4, -0.2) is 91.3 Å². The largest absolute Gasteiger partial charge is 0.505 e. The normalized spacial score (nSPS) is 29.1. The lowest BCUT2D eigenvalue weighted by atomic mass is 9.48. The highest BCUT2D eigenvalue weighted by atomic mass is 16.3. The van der Waals surface area contributed by atoms with Crippen molar-refractivity contribution in [1.82, 2.24) is 10.2 Å². The molecule has 0 spiro atoms. The van der Waals surface area contributed by atoms with Crippen LogP contribution in [0.3, 0.4) is 0 Å². The van der Waals surface area contributed by atoms with E-state index in [0.717, 1.165) is 0 Å². The van der Waals surface area contributed by atoms with Gasteiger partial charge in [0.1, 0.15) is 5.75 Å². The molecule has 6 atom stereocenters. The average molecular weight is 584 g/mol. The Kier molecular flexibility index (Phi) is 7.88. The number of Topliss-reactive ketones (excluding diaryl/α,β-unsaturated/α-hetero) is 4. The van der Waals surface area contributed by atoms with Gasteiger partial charge in [0, 0.05) is 31.2 Å². The minimum absolute atomic E-state index is 0.0260. The summed E-state index contributed by atoms with van der Waals surface area (Å²) < 4.78 is 0. The van der Waals surface area contributed by atoms with Crippen LogP contribution in [0.4, 0.5) is 11.4 Å². The molecule has 0 aromatic heterocycles. The summed E-state index contributed by atoms with van der Waals surface area (Å²) in [6, 6.07) is 0.673. The summed E-state index contributed by atoms with van der Waals surface area (Å²) in [5, 5.41) is 17.0. The number of hydrogen-bond acceptors (Lipinski definition) is 10. The molecule has 3 aliphatic rings. The maximum atomic E-state index is 14.3. The van der Waals surface area contributed by atoms with Gasteiger partial charge in [-0.3, -0.25) is 33.7 Å². The number of nitrogens with one attached hydrogen (secondary N) is 2. The molecule has 0 bridgehead atoms. The Morgan fingerprint density at radius 3 is 2.24 bits per heavy atom. The summed E-state index contributed by atoms with van der Waals surface area (Å²) in [6.45, 7) is 7.08. The van der Waals surface area contributed by atoms with E-state index in [1.165, 1.54) is 6.92 Å². The number of hydrogen-bond donors (Lipinski definition) is 4. The summed E-state index contributed by atoms with van der Waals surface area (Å²) in [6.07, 6.45) is 0.432. The van der Waals surface area contributed by atoms with Crippen molar-refractivity contribution in [1.29, 1.82) is 0 Å². The molecule has 3 aliphatic carbocycles. The number of nitrogens with two attached hydrogens (primary N) is 1. The summed E-state index contributed by atoms with van der Waals surface area (Å²) in [5.74, 6) is -9.23. The molecule has 4 rings (SSSR count). The van der Waals surface area contributed by atoms with E-state index < -0.39 is 75.8 Å². The Morgan fingerprint density at radius 1 is 1.10 bits per heavy atom. The number of rotatable bonds is 6. The number of phenols is 1. The Bertz CT molecular complexity index is 1400. The van der Waals surface area contributed by atoms with Crippen LogP contribution in [0.5, 0.6) is 5.75 Å². The van der Waals surface area contributed by atoms with E-state index in [9.17, 15) is 33.9 Å².